The average Bonchev–Trinajstić information content (AvgIpc) is 3.14. The van der Waals surface area contributed by atoms with Gasteiger partial charge < -0.3 is 15.0 Å². The number of benzene rings is 1. The molecule has 1 aliphatic rings. The number of ether oxygens (including phenoxy) is 1. The summed E-state index contributed by atoms with van der Waals surface area (Å²) in [5.74, 6) is 2.24. The van der Waals surface area contributed by atoms with Crippen LogP contribution < -0.4 is 10.5 Å². The summed E-state index contributed by atoms with van der Waals surface area (Å²) in [4.78, 5) is 0. The molecule has 1 fully saturated rings. The Hall–Kier alpha value is -1.97. The molecule has 0 spiro atoms. The minimum absolute atomic E-state index is 0.0863. The molecule has 0 bridgehead atoms. The molecule has 112 valence electrons. The van der Waals surface area contributed by atoms with Crippen LogP contribution in [-0.4, -0.2) is 12.3 Å². The van der Waals surface area contributed by atoms with E-state index >= 15 is 0 Å². The Morgan fingerprint density at radius 1 is 1.33 bits per heavy atom. The summed E-state index contributed by atoms with van der Waals surface area (Å²) in [5.41, 5.74) is 8.15. The Morgan fingerprint density at radius 3 is 2.76 bits per heavy atom. The molecule has 1 aliphatic carbocycles. The Balaban J connectivity index is 2.12. The Labute approximate surface area is 125 Å². The molecule has 4 nitrogen and oxygen atoms in total. The van der Waals surface area contributed by atoms with Crippen LogP contribution >= 0.6 is 0 Å². The van der Waals surface area contributed by atoms with Gasteiger partial charge in [0.05, 0.1) is 12.7 Å². The number of nitrogens with two attached hydrogens (primary N) is 1. The Morgan fingerprint density at radius 2 is 2.10 bits per heavy atom. The fourth-order valence-corrected chi connectivity index (χ4v) is 3.51. The molecular formula is C17H22N2O2. The van der Waals surface area contributed by atoms with Gasteiger partial charge in [-0.15, -0.1) is 0 Å². The van der Waals surface area contributed by atoms with Gasteiger partial charge in [0.15, 0.2) is 11.6 Å². The van der Waals surface area contributed by atoms with Gasteiger partial charge in [-0.2, -0.15) is 0 Å². The van der Waals surface area contributed by atoms with Crippen LogP contribution in [0.2, 0.25) is 0 Å². The number of nitrogens with zero attached hydrogens (tertiary/aromatic N) is 1. The van der Waals surface area contributed by atoms with Gasteiger partial charge in [0.25, 0.3) is 0 Å². The number of anilines is 1. The van der Waals surface area contributed by atoms with E-state index in [1.807, 2.05) is 24.3 Å². The van der Waals surface area contributed by atoms with Crippen molar-refractivity contribution in [2.45, 2.75) is 44.4 Å². The number of hydrogen-bond donors (Lipinski definition) is 1. The van der Waals surface area contributed by atoms with Crippen LogP contribution in [0.3, 0.4) is 0 Å². The van der Waals surface area contributed by atoms with Crippen LogP contribution in [0.25, 0.3) is 11.1 Å². The summed E-state index contributed by atoms with van der Waals surface area (Å²) in [7, 11) is 1.67. The van der Waals surface area contributed by atoms with Crippen LogP contribution in [-0.2, 0) is 5.41 Å². The van der Waals surface area contributed by atoms with Crippen LogP contribution in [0.15, 0.2) is 28.8 Å². The first-order valence-corrected chi connectivity index (χ1v) is 7.60. The van der Waals surface area contributed by atoms with E-state index in [9.17, 15) is 0 Å². The summed E-state index contributed by atoms with van der Waals surface area (Å²) in [6, 6.07) is 7.92. The third-order valence-electron chi connectivity index (χ3n) is 4.80. The summed E-state index contributed by atoms with van der Waals surface area (Å²) >= 11 is 0. The number of aromatic nitrogens is 1. The van der Waals surface area contributed by atoms with Gasteiger partial charge >= 0.3 is 0 Å². The molecular weight excluding hydrogens is 264 g/mol. The van der Waals surface area contributed by atoms with Crippen molar-refractivity contribution in [2.24, 2.45) is 0 Å². The fraction of sp³-hybridized carbons (Fsp3) is 0.471. The molecule has 1 saturated carbocycles. The minimum atomic E-state index is 0.0863. The van der Waals surface area contributed by atoms with Gasteiger partial charge in [-0.05, 0) is 37.0 Å². The molecule has 21 heavy (non-hydrogen) atoms. The first-order valence-electron chi connectivity index (χ1n) is 7.60. The average molecular weight is 286 g/mol. The molecule has 0 amide bonds. The van der Waals surface area contributed by atoms with E-state index in [2.05, 4.69) is 12.1 Å². The maximum absolute atomic E-state index is 6.10. The second kappa shape index (κ2) is 5.43. The molecule has 1 aromatic heterocycles. The number of rotatable bonds is 4. The van der Waals surface area contributed by atoms with Gasteiger partial charge in [-0.25, -0.2) is 0 Å². The molecule has 0 unspecified atom stereocenters. The van der Waals surface area contributed by atoms with Crippen LogP contribution in [0, 0.1) is 0 Å². The van der Waals surface area contributed by atoms with E-state index < -0.39 is 0 Å². The highest BCUT2D eigenvalue weighted by atomic mass is 16.5. The van der Waals surface area contributed by atoms with Gasteiger partial charge in [-0.1, -0.05) is 37.1 Å². The van der Waals surface area contributed by atoms with Crippen molar-refractivity contribution in [1.29, 1.82) is 0 Å². The van der Waals surface area contributed by atoms with Gasteiger partial charge in [0.1, 0.15) is 5.75 Å². The zero-order valence-corrected chi connectivity index (χ0v) is 12.7. The summed E-state index contributed by atoms with van der Waals surface area (Å²) < 4.78 is 11.0. The SMILES string of the molecule is CCC1(c2onc(N)c2-c2cccc(OC)c2)CCCC1. The van der Waals surface area contributed by atoms with Crippen LogP contribution in [0.1, 0.15) is 44.8 Å². The molecule has 0 atom stereocenters. The number of hydrogen-bond acceptors (Lipinski definition) is 4. The lowest BCUT2D eigenvalue weighted by Crippen LogP contribution is -2.21. The van der Waals surface area contributed by atoms with E-state index in [-0.39, 0.29) is 5.41 Å². The Bertz CT molecular complexity index is 627. The minimum Gasteiger partial charge on any atom is -0.497 e. The van der Waals surface area contributed by atoms with Crippen molar-refractivity contribution < 1.29 is 9.26 Å². The first-order chi connectivity index (χ1) is 10.2. The molecule has 2 N–H and O–H groups in total. The zero-order valence-electron chi connectivity index (χ0n) is 12.7. The van der Waals surface area contributed by atoms with Crippen molar-refractivity contribution in [1.82, 2.24) is 5.16 Å². The smallest absolute Gasteiger partial charge is 0.175 e. The van der Waals surface area contributed by atoms with Crippen molar-refractivity contribution in [3.8, 4) is 16.9 Å². The van der Waals surface area contributed by atoms with E-state index in [1.54, 1.807) is 7.11 Å². The zero-order chi connectivity index (χ0) is 14.9. The third kappa shape index (κ3) is 2.28. The van der Waals surface area contributed by atoms with Gasteiger partial charge in [0.2, 0.25) is 0 Å². The Kier molecular flexibility index (Phi) is 3.62. The van der Waals surface area contributed by atoms with Crippen molar-refractivity contribution >= 4 is 5.82 Å². The molecule has 0 aliphatic heterocycles. The maximum Gasteiger partial charge on any atom is 0.175 e. The van der Waals surface area contributed by atoms with E-state index in [0.29, 0.717) is 5.82 Å². The van der Waals surface area contributed by atoms with Gasteiger partial charge in [0, 0.05) is 5.41 Å². The fourth-order valence-electron chi connectivity index (χ4n) is 3.51. The van der Waals surface area contributed by atoms with E-state index in [1.165, 1.54) is 12.8 Å². The maximum atomic E-state index is 6.10. The molecule has 0 radical (unpaired) electrons. The normalized spacial score (nSPS) is 17.0. The number of methoxy groups -OCH3 is 1. The standard InChI is InChI=1S/C17H22N2O2/c1-3-17(9-4-5-10-17)15-14(16(18)19-21-15)12-7-6-8-13(11-12)20-2/h6-8,11H,3-5,9-10H2,1-2H3,(H2,18,19). The predicted molar refractivity (Wildman–Crippen MR) is 83.3 cm³/mol. The second-order valence-corrected chi connectivity index (χ2v) is 5.84. The lowest BCUT2D eigenvalue weighted by Gasteiger charge is -2.25. The first kappa shape index (κ1) is 14.0. The molecule has 0 saturated heterocycles. The summed E-state index contributed by atoms with van der Waals surface area (Å²) in [6.07, 6.45) is 5.83. The van der Waals surface area contributed by atoms with Crippen molar-refractivity contribution in [2.75, 3.05) is 12.8 Å². The quantitative estimate of drug-likeness (QED) is 0.917. The lowest BCUT2D eigenvalue weighted by molar-refractivity contribution is 0.284. The summed E-state index contributed by atoms with van der Waals surface area (Å²) in [6.45, 7) is 2.22. The van der Waals surface area contributed by atoms with Crippen molar-refractivity contribution in [3.05, 3.63) is 30.0 Å². The third-order valence-corrected chi connectivity index (χ3v) is 4.80. The van der Waals surface area contributed by atoms with E-state index in [4.69, 9.17) is 15.0 Å². The van der Waals surface area contributed by atoms with Crippen LogP contribution in [0.5, 0.6) is 5.75 Å². The van der Waals surface area contributed by atoms with Crippen LogP contribution in [0.4, 0.5) is 5.82 Å². The van der Waals surface area contributed by atoms with E-state index in [0.717, 1.165) is 41.9 Å². The highest BCUT2D eigenvalue weighted by molar-refractivity contribution is 5.77. The van der Waals surface area contributed by atoms with Crippen molar-refractivity contribution in [3.63, 3.8) is 0 Å². The molecule has 1 aromatic carbocycles. The number of nitrogen functional groups attached to an aromatic ring is 1. The second-order valence-electron chi connectivity index (χ2n) is 5.84. The highest BCUT2D eigenvalue weighted by Crippen LogP contribution is 2.48. The lowest BCUT2D eigenvalue weighted by atomic mass is 9.78. The predicted octanol–water partition coefficient (Wildman–Crippen LogP) is 4.15. The van der Waals surface area contributed by atoms with Gasteiger partial charge in [-0.3, -0.25) is 0 Å². The topological polar surface area (TPSA) is 61.3 Å². The monoisotopic (exact) mass is 286 g/mol. The molecule has 4 heteroatoms. The molecule has 1 heterocycles. The highest BCUT2D eigenvalue weighted by Gasteiger charge is 2.40. The summed E-state index contributed by atoms with van der Waals surface area (Å²) in [5, 5.41) is 4.05. The largest absolute Gasteiger partial charge is 0.497 e. The molecule has 3 rings (SSSR count). The molecule has 2 aromatic rings.